The van der Waals surface area contributed by atoms with Gasteiger partial charge in [-0.25, -0.2) is 9.48 Å². The molecule has 0 aliphatic carbocycles. The van der Waals surface area contributed by atoms with Crippen LogP contribution >= 0.6 is 11.6 Å². The minimum absolute atomic E-state index is 0.00445. The van der Waals surface area contributed by atoms with Crippen LogP contribution in [0, 0.1) is 6.92 Å². The monoisotopic (exact) mass is 391 g/mol. The molecule has 1 heterocycles. The number of rotatable bonds is 6. The van der Waals surface area contributed by atoms with Gasteiger partial charge in [0.2, 0.25) is 0 Å². The number of hydrogen-bond acceptors (Lipinski definition) is 4. The van der Waals surface area contributed by atoms with E-state index in [1.54, 1.807) is 18.7 Å². The Hall–Kier alpha value is -2.34. The van der Waals surface area contributed by atoms with Crippen LogP contribution in [0.1, 0.15) is 50.7 Å². The van der Waals surface area contributed by atoms with Gasteiger partial charge in [-0.3, -0.25) is 4.79 Å². The van der Waals surface area contributed by atoms with E-state index in [1.165, 1.54) is 4.68 Å². The molecule has 0 saturated carbocycles. The molecule has 6 nitrogen and oxygen atoms in total. The Balaban J connectivity index is 2.24. The largest absolute Gasteiger partial charge is 0.449 e. The molecular weight excluding hydrogens is 366 g/mol. The predicted octanol–water partition coefficient (Wildman–Crippen LogP) is 4.02. The first-order valence-corrected chi connectivity index (χ1v) is 9.36. The van der Waals surface area contributed by atoms with Crippen molar-refractivity contribution >= 4 is 23.5 Å². The molecule has 27 heavy (non-hydrogen) atoms. The minimum atomic E-state index is -0.919. The average Bonchev–Trinajstić information content (AvgIpc) is 2.89. The smallest absolute Gasteiger partial charge is 0.344 e. The third kappa shape index (κ3) is 4.50. The molecule has 0 bridgehead atoms. The predicted molar refractivity (Wildman–Crippen MR) is 105 cm³/mol. The van der Waals surface area contributed by atoms with Gasteiger partial charge in [-0.15, -0.1) is 0 Å². The normalized spacial score (nSPS) is 12.3. The van der Waals surface area contributed by atoms with Crippen molar-refractivity contribution in [1.29, 1.82) is 0 Å². The van der Waals surface area contributed by atoms with E-state index >= 15 is 0 Å². The van der Waals surface area contributed by atoms with Crippen molar-refractivity contribution in [2.75, 3.05) is 0 Å². The number of aromatic nitrogens is 2. The van der Waals surface area contributed by atoms with Crippen molar-refractivity contribution in [3.8, 4) is 5.69 Å². The number of carbonyl (C=O) groups excluding carboxylic acids is 2. The van der Waals surface area contributed by atoms with E-state index < -0.39 is 12.1 Å². The lowest BCUT2D eigenvalue weighted by atomic mass is 10.2. The fourth-order valence-corrected chi connectivity index (χ4v) is 3.41. The van der Waals surface area contributed by atoms with Crippen molar-refractivity contribution in [3.63, 3.8) is 0 Å². The Morgan fingerprint density at radius 2 is 1.63 bits per heavy atom. The zero-order valence-electron chi connectivity index (χ0n) is 16.6. The van der Waals surface area contributed by atoms with Gasteiger partial charge < -0.3 is 9.64 Å². The molecule has 0 aliphatic heterocycles. The SMILES string of the molecule is Cc1nn(-c2ccccc2)c(Cl)c1C(=O)O[C@H](C)C(=O)N(C(C)C)C(C)C. The molecule has 0 aliphatic rings. The van der Waals surface area contributed by atoms with E-state index in [4.69, 9.17) is 16.3 Å². The van der Waals surface area contributed by atoms with E-state index in [-0.39, 0.29) is 28.7 Å². The van der Waals surface area contributed by atoms with Crippen LogP contribution in [0.25, 0.3) is 5.69 Å². The number of carbonyl (C=O) groups is 2. The quantitative estimate of drug-likeness (QED) is 0.697. The van der Waals surface area contributed by atoms with Crippen LogP contribution in [0.2, 0.25) is 5.15 Å². The molecule has 0 N–H and O–H groups in total. The topological polar surface area (TPSA) is 64.4 Å². The van der Waals surface area contributed by atoms with Crippen LogP contribution in [0.4, 0.5) is 0 Å². The van der Waals surface area contributed by atoms with E-state index in [9.17, 15) is 9.59 Å². The molecule has 0 fully saturated rings. The van der Waals surface area contributed by atoms with Gasteiger partial charge in [-0.05, 0) is 53.7 Å². The number of ether oxygens (including phenoxy) is 1. The summed E-state index contributed by atoms with van der Waals surface area (Å²) in [5.74, 6) is -0.898. The molecule has 1 aromatic carbocycles. The van der Waals surface area contributed by atoms with Gasteiger partial charge in [-0.1, -0.05) is 29.8 Å². The second-order valence-corrected chi connectivity index (χ2v) is 7.34. The zero-order valence-corrected chi connectivity index (χ0v) is 17.3. The molecule has 1 atom stereocenters. The summed E-state index contributed by atoms with van der Waals surface area (Å²) in [5, 5.41) is 4.49. The van der Waals surface area contributed by atoms with Crippen LogP contribution in [-0.2, 0) is 9.53 Å². The summed E-state index contributed by atoms with van der Waals surface area (Å²) in [6.45, 7) is 11.0. The van der Waals surface area contributed by atoms with Crippen LogP contribution in [0.5, 0.6) is 0 Å². The first-order chi connectivity index (χ1) is 12.6. The number of nitrogens with zero attached hydrogens (tertiary/aromatic N) is 3. The molecule has 1 amide bonds. The van der Waals surface area contributed by atoms with Gasteiger partial charge in [0.05, 0.1) is 11.4 Å². The molecule has 2 rings (SSSR count). The van der Waals surface area contributed by atoms with Gasteiger partial charge in [0.15, 0.2) is 6.10 Å². The maximum Gasteiger partial charge on any atom is 0.344 e. The summed E-state index contributed by atoms with van der Waals surface area (Å²) in [7, 11) is 0. The van der Waals surface area contributed by atoms with E-state index in [1.807, 2.05) is 58.0 Å². The minimum Gasteiger partial charge on any atom is -0.449 e. The van der Waals surface area contributed by atoms with Crippen molar-refractivity contribution in [3.05, 3.63) is 46.7 Å². The van der Waals surface area contributed by atoms with Crippen LogP contribution in [-0.4, -0.2) is 44.7 Å². The van der Waals surface area contributed by atoms with Gasteiger partial charge in [0.25, 0.3) is 5.91 Å². The molecule has 0 spiro atoms. The van der Waals surface area contributed by atoms with Crippen LogP contribution < -0.4 is 0 Å². The molecule has 146 valence electrons. The maximum absolute atomic E-state index is 12.7. The fraction of sp³-hybridized carbons (Fsp3) is 0.450. The Bertz CT molecular complexity index is 807. The molecule has 0 radical (unpaired) electrons. The van der Waals surface area contributed by atoms with Gasteiger partial charge in [0, 0.05) is 12.1 Å². The highest BCUT2D eigenvalue weighted by Gasteiger charge is 2.30. The lowest BCUT2D eigenvalue weighted by Gasteiger charge is -2.32. The fourth-order valence-electron chi connectivity index (χ4n) is 3.06. The molecular formula is C20H26ClN3O3. The number of amides is 1. The highest BCUT2D eigenvalue weighted by Crippen LogP contribution is 2.25. The van der Waals surface area contributed by atoms with Crippen LogP contribution in [0.3, 0.4) is 0 Å². The second-order valence-electron chi connectivity index (χ2n) is 6.98. The number of para-hydroxylation sites is 1. The first kappa shape index (κ1) is 21.0. The summed E-state index contributed by atoms with van der Waals surface area (Å²) in [4.78, 5) is 27.1. The average molecular weight is 392 g/mol. The first-order valence-electron chi connectivity index (χ1n) is 8.98. The highest BCUT2D eigenvalue weighted by atomic mass is 35.5. The standard InChI is InChI=1S/C20H26ClN3O3/c1-12(2)23(13(3)4)19(25)15(6)27-20(26)17-14(5)22-24(18(17)21)16-10-8-7-9-11-16/h7-13,15H,1-6H3/t15-/m1/s1. The van der Waals surface area contributed by atoms with Gasteiger partial charge >= 0.3 is 5.97 Å². The summed E-state index contributed by atoms with van der Waals surface area (Å²) >= 11 is 6.39. The Kier molecular flexibility index (Phi) is 6.65. The molecule has 1 aromatic heterocycles. The van der Waals surface area contributed by atoms with Crippen molar-refractivity contribution in [2.24, 2.45) is 0 Å². The van der Waals surface area contributed by atoms with Crippen LogP contribution in [0.15, 0.2) is 30.3 Å². The molecule has 2 aromatic rings. The van der Waals surface area contributed by atoms with Gasteiger partial charge in [-0.2, -0.15) is 5.10 Å². The van der Waals surface area contributed by atoms with Gasteiger partial charge in [0.1, 0.15) is 10.7 Å². The number of halogens is 1. The summed E-state index contributed by atoms with van der Waals surface area (Å²) in [6, 6.07) is 9.27. The van der Waals surface area contributed by atoms with Crippen molar-refractivity contribution < 1.29 is 14.3 Å². The molecule has 7 heteroatoms. The number of aryl methyl sites for hydroxylation is 1. The number of hydrogen-bond donors (Lipinski definition) is 0. The molecule has 0 saturated heterocycles. The third-order valence-electron chi connectivity index (χ3n) is 4.21. The Labute approximate surface area is 165 Å². The lowest BCUT2D eigenvalue weighted by Crippen LogP contribution is -2.47. The summed E-state index contributed by atoms with van der Waals surface area (Å²) in [5.41, 5.74) is 1.35. The Morgan fingerprint density at radius 1 is 1.07 bits per heavy atom. The number of benzene rings is 1. The third-order valence-corrected chi connectivity index (χ3v) is 4.56. The zero-order chi connectivity index (χ0) is 20.3. The van der Waals surface area contributed by atoms with E-state index in [2.05, 4.69) is 5.10 Å². The van der Waals surface area contributed by atoms with E-state index in [0.29, 0.717) is 5.69 Å². The lowest BCUT2D eigenvalue weighted by molar-refractivity contribution is -0.143. The summed E-state index contributed by atoms with van der Waals surface area (Å²) < 4.78 is 6.90. The van der Waals surface area contributed by atoms with Crippen molar-refractivity contribution in [2.45, 2.75) is 59.7 Å². The number of esters is 1. The molecule has 0 unspecified atom stereocenters. The van der Waals surface area contributed by atoms with Crippen molar-refractivity contribution in [1.82, 2.24) is 14.7 Å². The van der Waals surface area contributed by atoms with E-state index in [0.717, 1.165) is 5.69 Å². The maximum atomic E-state index is 12.7. The second kappa shape index (κ2) is 8.57. The Morgan fingerprint density at radius 3 is 2.15 bits per heavy atom. The summed E-state index contributed by atoms with van der Waals surface area (Å²) in [6.07, 6.45) is -0.919. The highest BCUT2D eigenvalue weighted by molar-refractivity contribution is 6.33.